The average Bonchev–Trinajstić information content (AvgIpc) is 2.95. The summed E-state index contributed by atoms with van der Waals surface area (Å²) in [5.74, 6) is 1.25. The molecule has 6 heteroatoms. The third-order valence-electron chi connectivity index (χ3n) is 6.56. The minimum Gasteiger partial charge on any atom is -0.377 e. The number of hydrogen-bond donors (Lipinski definition) is 1. The Hall–Kier alpha value is -2.77. The third kappa shape index (κ3) is 6.92. The second kappa shape index (κ2) is 13.0. The first kappa shape index (κ1) is 24.9. The number of thioether (sulfide) groups is 1. The van der Waals surface area contributed by atoms with Crippen LogP contribution in [0.25, 0.3) is 10.8 Å². The van der Waals surface area contributed by atoms with Crippen molar-refractivity contribution in [1.29, 1.82) is 0 Å². The van der Waals surface area contributed by atoms with Crippen molar-refractivity contribution in [2.24, 2.45) is 0 Å². The summed E-state index contributed by atoms with van der Waals surface area (Å²) in [6.45, 7) is 3.84. The Labute approximate surface area is 217 Å². The molecule has 0 bridgehead atoms. The normalized spacial score (nSPS) is 17.9. The van der Waals surface area contributed by atoms with Crippen LogP contribution < -0.4 is 5.32 Å². The van der Waals surface area contributed by atoms with Crippen LogP contribution in [0, 0.1) is 0 Å². The molecule has 2 atom stereocenters. The predicted molar refractivity (Wildman–Crippen MR) is 146 cm³/mol. The summed E-state index contributed by atoms with van der Waals surface area (Å²) in [6, 6.07) is 25.3. The molecule has 36 heavy (non-hydrogen) atoms. The number of nitrogens with one attached hydrogen (secondary N) is 1. The first-order valence-corrected chi connectivity index (χ1v) is 13.7. The fraction of sp³-hybridized carbons (Fsp3) is 0.333. The van der Waals surface area contributed by atoms with Gasteiger partial charge in [-0.05, 0) is 52.9 Å². The van der Waals surface area contributed by atoms with Gasteiger partial charge in [0.05, 0.1) is 19.3 Å². The lowest BCUT2D eigenvalue weighted by atomic mass is 9.89. The molecule has 1 aliphatic rings. The average molecular weight is 500 g/mol. The summed E-state index contributed by atoms with van der Waals surface area (Å²) >= 11 is 1.69. The maximum Gasteiger partial charge on any atom is 0.187 e. The van der Waals surface area contributed by atoms with E-state index in [0.29, 0.717) is 19.1 Å². The van der Waals surface area contributed by atoms with E-state index < -0.39 is 0 Å². The van der Waals surface area contributed by atoms with Crippen molar-refractivity contribution >= 4 is 22.5 Å². The molecule has 1 aromatic heterocycles. The Bertz CT molecular complexity index is 1220. The molecular formula is C30H33N3O2S. The van der Waals surface area contributed by atoms with Gasteiger partial charge in [-0.1, -0.05) is 78.5 Å². The van der Waals surface area contributed by atoms with Crippen molar-refractivity contribution in [3.05, 3.63) is 102 Å². The van der Waals surface area contributed by atoms with Gasteiger partial charge >= 0.3 is 0 Å². The fourth-order valence-electron chi connectivity index (χ4n) is 4.60. The number of aromatic nitrogens is 2. The van der Waals surface area contributed by atoms with Gasteiger partial charge in [-0.15, -0.1) is 0 Å². The van der Waals surface area contributed by atoms with Crippen LogP contribution in [0.15, 0.2) is 90.3 Å². The highest BCUT2D eigenvalue weighted by Crippen LogP contribution is 2.29. The molecule has 1 aliphatic heterocycles. The van der Waals surface area contributed by atoms with E-state index in [-0.39, 0.29) is 6.10 Å². The van der Waals surface area contributed by atoms with E-state index in [1.807, 2.05) is 30.6 Å². The van der Waals surface area contributed by atoms with E-state index in [1.54, 1.807) is 11.8 Å². The minimum absolute atomic E-state index is 0.106. The van der Waals surface area contributed by atoms with E-state index in [9.17, 15) is 0 Å². The molecule has 1 fully saturated rings. The molecule has 3 aromatic carbocycles. The van der Waals surface area contributed by atoms with Crippen molar-refractivity contribution < 1.29 is 9.47 Å². The zero-order valence-electron chi connectivity index (χ0n) is 20.5. The van der Waals surface area contributed by atoms with Crippen LogP contribution in [-0.2, 0) is 22.7 Å². The maximum atomic E-state index is 6.41. The van der Waals surface area contributed by atoms with Crippen molar-refractivity contribution in [3.8, 4) is 0 Å². The quantitative estimate of drug-likeness (QED) is 0.155. The van der Waals surface area contributed by atoms with Gasteiger partial charge in [0.25, 0.3) is 0 Å². The molecule has 0 aliphatic carbocycles. The largest absolute Gasteiger partial charge is 0.377 e. The number of nitrogens with zero attached hydrogens (tertiary/aromatic N) is 2. The minimum atomic E-state index is 0.106. The predicted octanol–water partition coefficient (Wildman–Crippen LogP) is 5.99. The van der Waals surface area contributed by atoms with Crippen molar-refractivity contribution in [2.75, 3.05) is 25.4 Å². The first-order valence-electron chi connectivity index (χ1n) is 12.7. The molecule has 2 heterocycles. The standard InChI is InChI=1S/C30H33N3O2S/c1-2-7-23(8-3-1)21-34-15-6-16-36-30-32-18-27(19-33-30)28-13-14-31-20-29(28)35-22-24-11-12-25-9-4-5-10-26(25)17-24/h1-5,7-12,17-19,28-29,31H,6,13-16,20-22H2. The number of fused-ring (bicyclic) bond motifs is 1. The summed E-state index contributed by atoms with van der Waals surface area (Å²) in [4.78, 5) is 9.28. The molecule has 186 valence electrons. The molecule has 2 unspecified atom stereocenters. The van der Waals surface area contributed by atoms with E-state index in [1.165, 1.54) is 21.9 Å². The zero-order chi connectivity index (χ0) is 24.4. The maximum absolute atomic E-state index is 6.41. The molecule has 0 saturated carbocycles. The highest BCUT2D eigenvalue weighted by Gasteiger charge is 2.27. The first-order chi connectivity index (χ1) is 17.8. The Morgan fingerprint density at radius 3 is 2.53 bits per heavy atom. The lowest BCUT2D eigenvalue weighted by Gasteiger charge is -2.32. The number of piperidine rings is 1. The Kier molecular flexibility index (Phi) is 8.97. The summed E-state index contributed by atoms with van der Waals surface area (Å²) in [5, 5.41) is 6.82. The number of benzene rings is 3. The smallest absolute Gasteiger partial charge is 0.187 e. The van der Waals surface area contributed by atoms with Gasteiger partial charge in [-0.3, -0.25) is 0 Å². The van der Waals surface area contributed by atoms with Crippen LogP contribution in [0.1, 0.15) is 35.4 Å². The van der Waals surface area contributed by atoms with E-state index in [4.69, 9.17) is 9.47 Å². The summed E-state index contributed by atoms with van der Waals surface area (Å²) in [7, 11) is 0. The zero-order valence-corrected chi connectivity index (χ0v) is 21.3. The topological polar surface area (TPSA) is 56.3 Å². The number of hydrogen-bond acceptors (Lipinski definition) is 6. The van der Waals surface area contributed by atoms with Gasteiger partial charge in [-0.2, -0.15) is 0 Å². The van der Waals surface area contributed by atoms with Gasteiger partial charge in [0, 0.05) is 37.2 Å². The Morgan fingerprint density at radius 2 is 1.67 bits per heavy atom. The van der Waals surface area contributed by atoms with E-state index in [0.717, 1.165) is 49.0 Å². The number of rotatable bonds is 11. The molecule has 4 aromatic rings. The second-order valence-corrected chi connectivity index (χ2v) is 10.2. The molecular weight excluding hydrogens is 466 g/mol. The van der Waals surface area contributed by atoms with Crippen LogP contribution in [0.2, 0.25) is 0 Å². The fourth-order valence-corrected chi connectivity index (χ4v) is 5.30. The Balaban J connectivity index is 1.09. The molecule has 5 nitrogen and oxygen atoms in total. The van der Waals surface area contributed by atoms with Crippen molar-refractivity contribution in [3.63, 3.8) is 0 Å². The Morgan fingerprint density at radius 1 is 0.861 bits per heavy atom. The third-order valence-corrected chi connectivity index (χ3v) is 7.52. The SMILES string of the molecule is c1ccc(COCCCSc2ncc(C3CCNCC3OCc3ccc4ccccc4c3)cn2)cc1. The van der Waals surface area contributed by atoms with Gasteiger partial charge in [-0.25, -0.2) is 9.97 Å². The van der Waals surface area contributed by atoms with Crippen molar-refractivity contribution in [1.82, 2.24) is 15.3 Å². The summed E-state index contributed by atoms with van der Waals surface area (Å²) in [6.07, 6.45) is 6.08. The van der Waals surface area contributed by atoms with Crippen LogP contribution >= 0.6 is 11.8 Å². The lowest BCUT2D eigenvalue weighted by Crippen LogP contribution is -2.41. The van der Waals surface area contributed by atoms with Crippen LogP contribution in [0.4, 0.5) is 0 Å². The van der Waals surface area contributed by atoms with Gasteiger partial charge in [0.15, 0.2) is 5.16 Å². The van der Waals surface area contributed by atoms with Crippen LogP contribution in [0.5, 0.6) is 0 Å². The highest BCUT2D eigenvalue weighted by molar-refractivity contribution is 7.99. The molecule has 0 spiro atoms. The van der Waals surface area contributed by atoms with Crippen molar-refractivity contribution in [2.45, 2.75) is 43.2 Å². The monoisotopic (exact) mass is 499 g/mol. The van der Waals surface area contributed by atoms with Gasteiger partial charge in [0.2, 0.25) is 0 Å². The van der Waals surface area contributed by atoms with Gasteiger partial charge in [0.1, 0.15) is 0 Å². The van der Waals surface area contributed by atoms with E-state index in [2.05, 4.69) is 69.9 Å². The van der Waals surface area contributed by atoms with Crippen LogP contribution in [-0.4, -0.2) is 41.5 Å². The van der Waals surface area contributed by atoms with Gasteiger partial charge < -0.3 is 14.8 Å². The lowest BCUT2D eigenvalue weighted by molar-refractivity contribution is 0.0105. The molecule has 1 N–H and O–H groups in total. The molecule has 5 rings (SSSR count). The van der Waals surface area contributed by atoms with E-state index >= 15 is 0 Å². The summed E-state index contributed by atoms with van der Waals surface area (Å²) in [5.41, 5.74) is 3.57. The number of ether oxygens (including phenoxy) is 2. The molecule has 0 amide bonds. The molecule has 0 radical (unpaired) electrons. The molecule has 1 saturated heterocycles. The second-order valence-electron chi connectivity index (χ2n) is 9.17. The highest BCUT2D eigenvalue weighted by atomic mass is 32.2. The summed E-state index contributed by atoms with van der Waals surface area (Å²) < 4.78 is 12.2. The van der Waals surface area contributed by atoms with Crippen LogP contribution in [0.3, 0.4) is 0 Å².